The molecule has 0 N–H and O–H groups in total. The summed E-state index contributed by atoms with van der Waals surface area (Å²) in [6.45, 7) is 4.04. The van der Waals surface area contributed by atoms with Gasteiger partial charge in [-0.1, -0.05) is 55.0 Å². The van der Waals surface area contributed by atoms with Crippen LogP contribution in [0.2, 0.25) is 0 Å². The third-order valence-electron chi connectivity index (χ3n) is 6.03. The number of esters is 1. The van der Waals surface area contributed by atoms with Crippen LogP contribution in [0.5, 0.6) is 5.75 Å². The first kappa shape index (κ1) is 25.4. The van der Waals surface area contributed by atoms with Crippen LogP contribution in [-0.2, 0) is 9.53 Å². The Balaban J connectivity index is 1.97. The normalized spacial score (nSPS) is 15.4. The third-order valence-corrected chi connectivity index (χ3v) is 7.02. The molecule has 0 bridgehead atoms. The Morgan fingerprint density at radius 1 is 1.14 bits per heavy atom. The summed E-state index contributed by atoms with van der Waals surface area (Å²) in [6.07, 6.45) is 3.26. The van der Waals surface area contributed by atoms with Crippen LogP contribution in [0, 0.1) is 0 Å². The number of allylic oxidation sites excluding steroid dienone is 1. The Bertz CT molecular complexity index is 1470. The smallest absolute Gasteiger partial charge is 0.338 e. The first-order valence-corrected chi connectivity index (χ1v) is 12.8. The maximum absolute atomic E-state index is 13.8. The molecule has 3 aromatic rings. The number of para-hydroxylation sites is 1. The van der Waals surface area contributed by atoms with Crippen molar-refractivity contribution in [1.29, 1.82) is 0 Å². The van der Waals surface area contributed by atoms with E-state index in [1.165, 1.54) is 11.3 Å². The maximum Gasteiger partial charge on any atom is 0.338 e. The monoisotopic (exact) mass is 505 g/mol. The molecule has 1 atom stereocenters. The van der Waals surface area contributed by atoms with E-state index in [1.807, 2.05) is 80.5 Å². The summed E-state index contributed by atoms with van der Waals surface area (Å²) in [5.74, 6) is 0.130. The van der Waals surface area contributed by atoms with Gasteiger partial charge >= 0.3 is 5.97 Å². The Hall–Kier alpha value is -3.65. The lowest BCUT2D eigenvalue weighted by Gasteiger charge is -2.26. The van der Waals surface area contributed by atoms with Crippen LogP contribution in [0.25, 0.3) is 6.08 Å². The molecule has 1 aliphatic heterocycles. The molecular weight excluding hydrogens is 474 g/mol. The van der Waals surface area contributed by atoms with Crippen molar-refractivity contribution in [3.63, 3.8) is 0 Å². The van der Waals surface area contributed by atoms with Crippen molar-refractivity contribution in [3.05, 3.63) is 90.6 Å². The van der Waals surface area contributed by atoms with Crippen LogP contribution < -0.4 is 24.5 Å². The number of carbonyl (C=O) groups excluding carboxylic acids is 1. The molecule has 36 heavy (non-hydrogen) atoms. The number of nitrogens with zero attached hydrogens (tertiary/aromatic N) is 3. The lowest BCUT2D eigenvalue weighted by atomic mass is 9.93. The Labute approximate surface area is 214 Å². The topological polar surface area (TPSA) is 73.1 Å². The van der Waals surface area contributed by atoms with Gasteiger partial charge in [0, 0.05) is 25.3 Å². The average Bonchev–Trinajstić information content (AvgIpc) is 3.18. The summed E-state index contributed by atoms with van der Waals surface area (Å²) in [7, 11) is 5.56. The van der Waals surface area contributed by atoms with Crippen molar-refractivity contribution in [2.75, 3.05) is 32.7 Å². The first-order chi connectivity index (χ1) is 17.4. The number of fused-ring (bicyclic) bond motifs is 1. The molecule has 0 aliphatic carbocycles. The number of ether oxygens (including phenoxy) is 2. The van der Waals surface area contributed by atoms with Crippen molar-refractivity contribution >= 4 is 29.1 Å². The highest BCUT2D eigenvalue weighted by atomic mass is 32.1. The lowest BCUT2D eigenvalue weighted by molar-refractivity contribution is -0.139. The zero-order valence-corrected chi connectivity index (χ0v) is 22.1. The molecular formula is C28H31N3O4S. The largest absolute Gasteiger partial charge is 0.496 e. The van der Waals surface area contributed by atoms with Crippen LogP contribution in [0.4, 0.5) is 5.69 Å². The fraction of sp³-hybridized carbons (Fsp3) is 0.321. The summed E-state index contributed by atoms with van der Waals surface area (Å²) in [5.41, 5.74) is 3.54. The Morgan fingerprint density at radius 2 is 1.86 bits per heavy atom. The molecule has 4 rings (SSSR count). The molecule has 1 unspecified atom stereocenters. The summed E-state index contributed by atoms with van der Waals surface area (Å²) in [5, 5.41) is 0. The van der Waals surface area contributed by atoms with E-state index in [4.69, 9.17) is 14.5 Å². The fourth-order valence-corrected chi connectivity index (χ4v) is 5.35. The van der Waals surface area contributed by atoms with E-state index >= 15 is 0 Å². The van der Waals surface area contributed by atoms with Gasteiger partial charge in [-0.25, -0.2) is 9.79 Å². The third kappa shape index (κ3) is 4.86. The van der Waals surface area contributed by atoms with Gasteiger partial charge in [0.05, 0.1) is 29.5 Å². The number of anilines is 1. The molecule has 0 saturated carbocycles. The van der Waals surface area contributed by atoms with Gasteiger partial charge in [0.25, 0.3) is 5.56 Å². The summed E-state index contributed by atoms with van der Waals surface area (Å²) in [4.78, 5) is 34.5. The molecule has 0 fully saturated rings. The van der Waals surface area contributed by atoms with Gasteiger partial charge in [0.15, 0.2) is 4.80 Å². The second-order valence-corrected chi connectivity index (χ2v) is 9.65. The van der Waals surface area contributed by atoms with Gasteiger partial charge in [-0.15, -0.1) is 0 Å². The van der Waals surface area contributed by atoms with Crippen molar-refractivity contribution in [2.24, 2.45) is 4.99 Å². The van der Waals surface area contributed by atoms with Crippen LogP contribution in [0.3, 0.4) is 0 Å². The van der Waals surface area contributed by atoms with E-state index in [2.05, 4.69) is 0 Å². The van der Waals surface area contributed by atoms with E-state index in [0.29, 0.717) is 32.8 Å². The minimum absolute atomic E-state index is 0.205. The molecule has 2 aromatic carbocycles. The van der Waals surface area contributed by atoms with Gasteiger partial charge in [-0.05, 0) is 43.2 Å². The second-order valence-electron chi connectivity index (χ2n) is 8.64. The molecule has 0 radical (unpaired) electrons. The highest BCUT2D eigenvalue weighted by Gasteiger charge is 2.35. The number of aromatic nitrogens is 1. The van der Waals surface area contributed by atoms with E-state index in [-0.39, 0.29) is 12.2 Å². The molecule has 8 heteroatoms. The number of thiazole rings is 1. The number of hydrogen-bond acceptors (Lipinski definition) is 7. The van der Waals surface area contributed by atoms with Gasteiger partial charge in [0.1, 0.15) is 11.8 Å². The number of hydrogen-bond donors (Lipinski definition) is 0. The molecule has 1 aliphatic rings. The highest BCUT2D eigenvalue weighted by Crippen LogP contribution is 2.36. The standard InChI is InChI=1S/C28H31N3O4S/c1-6-10-21-24(27(33)35-7-2)25(20-11-8-9-12-22(20)34-5)31-26(32)23(36-28(31)29-21)17-18-13-15-19(16-14-18)30(3)4/h8-9,11-17,25H,6-7,10H2,1-5H3/b23-17-. The molecule has 1 aromatic heterocycles. The van der Waals surface area contributed by atoms with Gasteiger partial charge in [-0.2, -0.15) is 0 Å². The zero-order chi connectivity index (χ0) is 25.8. The number of methoxy groups -OCH3 is 1. The summed E-state index contributed by atoms with van der Waals surface area (Å²) in [6, 6.07) is 14.8. The van der Waals surface area contributed by atoms with E-state index in [0.717, 1.165) is 23.2 Å². The van der Waals surface area contributed by atoms with Gasteiger partial charge in [-0.3, -0.25) is 9.36 Å². The van der Waals surface area contributed by atoms with Crippen LogP contribution in [-0.4, -0.2) is 38.3 Å². The van der Waals surface area contributed by atoms with Crippen LogP contribution in [0.15, 0.2) is 69.6 Å². The first-order valence-electron chi connectivity index (χ1n) is 12.0. The summed E-state index contributed by atoms with van der Waals surface area (Å²) < 4.78 is 13.2. The van der Waals surface area contributed by atoms with Gasteiger partial charge in [0.2, 0.25) is 0 Å². The quantitative estimate of drug-likeness (QED) is 0.437. The van der Waals surface area contributed by atoms with Crippen molar-refractivity contribution in [3.8, 4) is 5.75 Å². The maximum atomic E-state index is 13.8. The predicted octanol–water partition coefficient (Wildman–Crippen LogP) is 3.65. The lowest BCUT2D eigenvalue weighted by Crippen LogP contribution is -2.40. The molecule has 0 amide bonds. The van der Waals surface area contributed by atoms with Crippen LogP contribution in [0.1, 0.15) is 43.9 Å². The molecule has 2 heterocycles. The number of carbonyl (C=O) groups is 1. The van der Waals surface area contributed by atoms with Crippen LogP contribution >= 0.6 is 11.3 Å². The highest BCUT2D eigenvalue weighted by molar-refractivity contribution is 7.07. The van der Waals surface area contributed by atoms with E-state index in [1.54, 1.807) is 18.6 Å². The fourth-order valence-electron chi connectivity index (χ4n) is 4.33. The summed E-state index contributed by atoms with van der Waals surface area (Å²) >= 11 is 1.33. The minimum atomic E-state index is -0.698. The predicted molar refractivity (Wildman–Crippen MR) is 143 cm³/mol. The molecule has 0 spiro atoms. The minimum Gasteiger partial charge on any atom is -0.496 e. The van der Waals surface area contributed by atoms with Crippen molar-refractivity contribution in [2.45, 2.75) is 32.7 Å². The second kappa shape index (κ2) is 11.0. The van der Waals surface area contributed by atoms with Crippen molar-refractivity contribution in [1.82, 2.24) is 4.57 Å². The molecule has 0 saturated heterocycles. The van der Waals surface area contributed by atoms with E-state index < -0.39 is 12.0 Å². The SMILES string of the molecule is CCCC1=C(C(=O)OCC)C(c2ccccc2OC)n2c(s/c(=C\c3ccc(N(C)C)cc3)c2=O)=N1. The Morgan fingerprint density at radius 3 is 2.50 bits per heavy atom. The van der Waals surface area contributed by atoms with Crippen molar-refractivity contribution < 1.29 is 14.3 Å². The van der Waals surface area contributed by atoms with E-state index in [9.17, 15) is 9.59 Å². The number of rotatable bonds is 8. The average molecular weight is 506 g/mol. The zero-order valence-electron chi connectivity index (χ0n) is 21.3. The Kier molecular flexibility index (Phi) is 7.74. The van der Waals surface area contributed by atoms with Gasteiger partial charge < -0.3 is 14.4 Å². The molecule has 7 nitrogen and oxygen atoms in total. The number of benzene rings is 2. The molecule has 188 valence electrons.